The summed E-state index contributed by atoms with van der Waals surface area (Å²) in [5.41, 5.74) is 4.45. The van der Waals surface area contributed by atoms with Crippen LogP contribution in [0, 0.1) is 0 Å². The van der Waals surface area contributed by atoms with Crippen molar-refractivity contribution in [3.8, 4) is 0 Å². The predicted molar refractivity (Wildman–Crippen MR) is 145 cm³/mol. The number of carbonyl (C=O) groups is 2. The van der Waals surface area contributed by atoms with Crippen molar-refractivity contribution in [2.24, 2.45) is 0 Å². The Labute approximate surface area is 217 Å². The van der Waals surface area contributed by atoms with Crippen molar-refractivity contribution >= 4 is 34.9 Å². The zero-order valence-corrected chi connectivity index (χ0v) is 21.3. The molecule has 0 radical (unpaired) electrons. The molecule has 1 amide bonds. The number of amides is 1. The quantitative estimate of drug-likeness (QED) is 0.346. The van der Waals surface area contributed by atoms with Crippen molar-refractivity contribution in [2.75, 3.05) is 19.0 Å². The summed E-state index contributed by atoms with van der Waals surface area (Å²) in [7, 11) is 1.81. The Hall–Kier alpha value is -3.97. The van der Waals surface area contributed by atoms with E-state index in [0.29, 0.717) is 16.4 Å². The first-order valence-corrected chi connectivity index (χ1v) is 12.2. The molecule has 184 valence electrons. The number of ether oxygens (including phenoxy) is 1. The van der Waals surface area contributed by atoms with Gasteiger partial charge in [0, 0.05) is 18.4 Å². The van der Waals surface area contributed by atoms with Gasteiger partial charge in [0.2, 0.25) is 5.91 Å². The zero-order chi connectivity index (χ0) is 25.7. The predicted octanol–water partition coefficient (Wildman–Crippen LogP) is 5.16. The van der Waals surface area contributed by atoms with Crippen molar-refractivity contribution in [1.82, 2.24) is 10.2 Å². The lowest BCUT2D eigenvalue weighted by Crippen LogP contribution is -2.46. The highest BCUT2D eigenvalue weighted by atomic mass is 32.1. The van der Waals surface area contributed by atoms with Crippen LogP contribution in [0.15, 0.2) is 96.2 Å². The fourth-order valence-electron chi connectivity index (χ4n) is 4.36. The van der Waals surface area contributed by atoms with E-state index in [1.807, 2.05) is 98.9 Å². The minimum Gasteiger partial charge on any atom is -0.463 e. The maximum atomic E-state index is 13.6. The third kappa shape index (κ3) is 5.31. The highest BCUT2D eigenvalue weighted by Crippen LogP contribution is 2.32. The Morgan fingerprint density at radius 3 is 2.19 bits per heavy atom. The fraction of sp³-hybridized carbons (Fsp3) is 0.207. The molecule has 1 atom stereocenters. The number of carbonyl (C=O) groups excluding carboxylic acids is 2. The molecule has 1 aliphatic rings. The molecule has 0 aromatic heterocycles. The van der Waals surface area contributed by atoms with Crippen molar-refractivity contribution in [1.29, 1.82) is 0 Å². The molecule has 7 heteroatoms. The Morgan fingerprint density at radius 1 is 1.00 bits per heavy atom. The van der Waals surface area contributed by atoms with E-state index in [2.05, 4.69) is 10.6 Å². The van der Waals surface area contributed by atoms with Crippen LogP contribution in [0.1, 0.15) is 42.5 Å². The molecule has 0 saturated heterocycles. The van der Waals surface area contributed by atoms with E-state index in [1.165, 1.54) is 0 Å². The van der Waals surface area contributed by atoms with Gasteiger partial charge in [0.05, 0.1) is 24.1 Å². The smallest absolute Gasteiger partial charge is 0.338 e. The number of hydrogen-bond donors (Lipinski definition) is 2. The molecule has 3 aromatic carbocycles. The number of anilines is 1. The molecule has 2 N–H and O–H groups in total. The van der Waals surface area contributed by atoms with Crippen LogP contribution in [-0.2, 0) is 14.3 Å². The van der Waals surface area contributed by atoms with E-state index in [-0.39, 0.29) is 12.5 Å². The van der Waals surface area contributed by atoms with Crippen LogP contribution in [0.2, 0.25) is 0 Å². The van der Waals surface area contributed by atoms with Crippen LogP contribution in [0.4, 0.5) is 5.69 Å². The monoisotopic (exact) mass is 499 g/mol. The minimum absolute atomic E-state index is 0.145. The number of allylic oxidation sites excluding steroid dienone is 1. The molecule has 0 fully saturated rings. The zero-order valence-electron chi connectivity index (χ0n) is 20.5. The fourth-order valence-corrected chi connectivity index (χ4v) is 4.61. The van der Waals surface area contributed by atoms with Crippen LogP contribution in [0.25, 0.3) is 0 Å². The molecule has 1 unspecified atom stereocenters. The standard InChI is InChI=1S/C29H29N3O3S/c1-4-35-28(34)24-19(2)32(3)29(36)31-26(24)22-16-11-17-23(18-22)30-27(33)25(20-12-7-5-8-13-20)21-14-9-6-10-15-21/h5-18,25-26H,4H2,1-3H3,(H,30,33)(H,31,36). The van der Waals surface area contributed by atoms with Gasteiger partial charge in [-0.25, -0.2) is 4.79 Å². The summed E-state index contributed by atoms with van der Waals surface area (Å²) in [5.74, 6) is -1.01. The van der Waals surface area contributed by atoms with Crippen molar-refractivity contribution in [3.63, 3.8) is 0 Å². The molecule has 0 aliphatic carbocycles. The molecule has 0 bridgehead atoms. The average Bonchev–Trinajstić information content (AvgIpc) is 2.88. The number of benzene rings is 3. The van der Waals surface area contributed by atoms with Crippen LogP contribution in [0.5, 0.6) is 0 Å². The van der Waals surface area contributed by atoms with E-state index in [4.69, 9.17) is 17.0 Å². The first-order chi connectivity index (χ1) is 17.4. The lowest BCUT2D eigenvalue weighted by molar-refractivity contribution is -0.139. The molecule has 3 aromatic rings. The van der Waals surface area contributed by atoms with Gasteiger partial charge in [-0.15, -0.1) is 0 Å². The molecule has 1 heterocycles. The van der Waals surface area contributed by atoms with Gasteiger partial charge in [-0.2, -0.15) is 0 Å². The summed E-state index contributed by atoms with van der Waals surface area (Å²) < 4.78 is 5.33. The number of nitrogens with one attached hydrogen (secondary N) is 2. The number of nitrogens with zero attached hydrogens (tertiary/aromatic N) is 1. The summed E-state index contributed by atoms with van der Waals surface area (Å²) in [6.45, 7) is 3.90. The second kappa shape index (κ2) is 11.2. The Morgan fingerprint density at radius 2 is 1.61 bits per heavy atom. The van der Waals surface area contributed by atoms with Gasteiger partial charge in [0.15, 0.2) is 5.11 Å². The molecular formula is C29H29N3O3S. The molecule has 1 aliphatic heterocycles. The summed E-state index contributed by atoms with van der Waals surface area (Å²) in [6.07, 6.45) is 0. The van der Waals surface area contributed by atoms with Gasteiger partial charge in [-0.05, 0) is 54.9 Å². The van der Waals surface area contributed by atoms with Crippen LogP contribution >= 0.6 is 12.2 Å². The van der Waals surface area contributed by atoms with Crippen LogP contribution in [-0.4, -0.2) is 35.5 Å². The largest absolute Gasteiger partial charge is 0.463 e. The molecule has 36 heavy (non-hydrogen) atoms. The van der Waals surface area contributed by atoms with Gasteiger partial charge in [-0.3, -0.25) is 4.79 Å². The molecule has 4 rings (SSSR count). The summed E-state index contributed by atoms with van der Waals surface area (Å²) in [4.78, 5) is 28.2. The van der Waals surface area contributed by atoms with Crippen molar-refractivity contribution in [2.45, 2.75) is 25.8 Å². The first kappa shape index (κ1) is 25.1. The number of hydrogen-bond acceptors (Lipinski definition) is 4. The van der Waals surface area contributed by atoms with Gasteiger partial charge < -0.3 is 20.3 Å². The lowest BCUT2D eigenvalue weighted by Gasteiger charge is -2.35. The number of rotatable bonds is 7. The van der Waals surface area contributed by atoms with Crippen molar-refractivity contribution in [3.05, 3.63) is 113 Å². The molecule has 6 nitrogen and oxygen atoms in total. The van der Waals surface area contributed by atoms with Gasteiger partial charge >= 0.3 is 5.97 Å². The maximum Gasteiger partial charge on any atom is 0.338 e. The second-order valence-electron chi connectivity index (χ2n) is 8.53. The van der Waals surface area contributed by atoms with Crippen LogP contribution in [0.3, 0.4) is 0 Å². The van der Waals surface area contributed by atoms with E-state index >= 15 is 0 Å². The van der Waals surface area contributed by atoms with E-state index < -0.39 is 17.9 Å². The maximum absolute atomic E-state index is 13.6. The van der Waals surface area contributed by atoms with Crippen LogP contribution < -0.4 is 10.6 Å². The third-order valence-corrected chi connectivity index (χ3v) is 6.66. The van der Waals surface area contributed by atoms with Gasteiger partial charge in [0.25, 0.3) is 0 Å². The highest BCUT2D eigenvalue weighted by molar-refractivity contribution is 7.80. The summed E-state index contributed by atoms with van der Waals surface area (Å²) >= 11 is 5.49. The molecule has 0 saturated carbocycles. The van der Waals surface area contributed by atoms with Gasteiger partial charge in [0.1, 0.15) is 0 Å². The second-order valence-corrected chi connectivity index (χ2v) is 8.92. The summed E-state index contributed by atoms with van der Waals surface area (Å²) in [6, 6.07) is 26.4. The number of thiocarbonyl (C=S) groups is 1. The van der Waals surface area contributed by atoms with E-state index in [9.17, 15) is 9.59 Å². The topological polar surface area (TPSA) is 70.7 Å². The highest BCUT2D eigenvalue weighted by Gasteiger charge is 2.33. The van der Waals surface area contributed by atoms with E-state index in [0.717, 1.165) is 22.4 Å². The van der Waals surface area contributed by atoms with E-state index in [1.54, 1.807) is 11.8 Å². The first-order valence-electron chi connectivity index (χ1n) is 11.8. The van der Waals surface area contributed by atoms with Gasteiger partial charge in [-0.1, -0.05) is 72.8 Å². The third-order valence-electron chi connectivity index (χ3n) is 6.26. The average molecular weight is 500 g/mol. The Balaban J connectivity index is 1.66. The lowest BCUT2D eigenvalue weighted by atomic mass is 9.90. The number of esters is 1. The summed E-state index contributed by atoms with van der Waals surface area (Å²) in [5, 5.41) is 6.83. The van der Waals surface area contributed by atoms with Crippen molar-refractivity contribution < 1.29 is 14.3 Å². The normalized spacial score (nSPS) is 15.5. The Kier molecular flexibility index (Phi) is 7.80. The molecular weight excluding hydrogens is 470 g/mol. The molecule has 0 spiro atoms. The SMILES string of the molecule is CCOC(=O)C1=C(C)N(C)C(=S)NC1c1cccc(NC(=O)C(c2ccccc2)c2ccccc2)c1. The minimum atomic E-state index is -0.497. The Bertz CT molecular complexity index is 1250.